The third-order valence-electron chi connectivity index (χ3n) is 2.17. The fraction of sp³-hybridized carbons (Fsp3) is 0.889. The Hall–Kier alpha value is -0.780. The van der Waals surface area contributed by atoms with E-state index in [0.29, 0.717) is 0 Å². The lowest BCUT2D eigenvalue weighted by atomic mass is 10.2. The standard InChI is InChI=1S/C9H13F3O3/c1-14-8(13)7(6-2-3-6)15-5-4-9(10,11)12/h6-7H,2-5H2,1H3. The van der Waals surface area contributed by atoms with Gasteiger partial charge in [-0.2, -0.15) is 13.2 Å². The molecule has 88 valence electrons. The average Bonchev–Trinajstić information content (AvgIpc) is 2.93. The molecule has 1 rings (SSSR count). The van der Waals surface area contributed by atoms with Crippen molar-refractivity contribution in [3.05, 3.63) is 0 Å². The molecular weight excluding hydrogens is 213 g/mol. The van der Waals surface area contributed by atoms with Crippen LogP contribution in [0.25, 0.3) is 0 Å². The Morgan fingerprint density at radius 2 is 2.07 bits per heavy atom. The van der Waals surface area contributed by atoms with E-state index in [0.717, 1.165) is 12.8 Å². The first-order chi connectivity index (χ1) is 6.94. The van der Waals surface area contributed by atoms with Crippen LogP contribution in [-0.4, -0.2) is 32.0 Å². The van der Waals surface area contributed by atoms with Crippen LogP contribution in [0.2, 0.25) is 0 Å². The van der Waals surface area contributed by atoms with Gasteiger partial charge in [-0.05, 0) is 18.8 Å². The van der Waals surface area contributed by atoms with E-state index in [1.165, 1.54) is 7.11 Å². The smallest absolute Gasteiger partial charge is 0.391 e. The van der Waals surface area contributed by atoms with Crippen LogP contribution in [0.4, 0.5) is 13.2 Å². The minimum atomic E-state index is -4.25. The quantitative estimate of drug-likeness (QED) is 0.672. The van der Waals surface area contributed by atoms with Crippen molar-refractivity contribution in [2.75, 3.05) is 13.7 Å². The summed E-state index contributed by atoms with van der Waals surface area (Å²) in [7, 11) is 1.20. The van der Waals surface area contributed by atoms with Gasteiger partial charge in [-0.3, -0.25) is 0 Å². The molecule has 0 aromatic heterocycles. The minimum absolute atomic E-state index is 0.0330. The SMILES string of the molecule is COC(=O)C(OCCC(F)(F)F)C1CC1. The number of rotatable bonds is 5. The van der Waals surface area contributed by atoms with Crippen LogP contribution in [0.1, 0.15) is 19.3 Å². The molecule has 1 aliphatic carbocycles. The molecule has 1 unspecified atom stereocenters. The number of hydrogen-bond donors (Lipinski definition) is 0. The van der Waals surface area contributed by atoms with Gasteiger partial charge in [0, 0.05) is 0 Å². The van der Waals surface area contributed by atoms with Gasteiger partial charge in [0.15, 0.2) is 6.10 Å². The highest BCUT2D eigenvalue weighted by Crippen LogP contribution is 2.35. The molecule has 0 aromatic rings. The van der Waals surface area contributed by atoms with Crippen molar-refractivity contribution in [1.29, 1.82) is 0 Å². The molecule has 0 N–H and O–H groups in total. The predicted octanol–water partition coefficient (Wildman–Crippen LogP) is 1.91. The maximum atomic E-state index is 11.8. The Balaban J connectivity index is 2.29. The largest absolute Gasteiger partial charge is 0.467 e. The molecule has 15 heavy (non-hydrogen) atoms. The van der Waals surface area contributed by atoms with Crippen LogP contribution >= 0.6 is 0 Å². The third kappa shape index (κ3) is 4.51. The van der Waals surface area contributed by atoms with Gasteiger partial charge < -0.3 is 9.47 Å². The molecule has 1 fully saturated rings. The van der Waals surface area contributed by atoms with Gasteiger partial charge in [-0.25, -0.2) is 4.79 Å². The maximum Gasteiger partial charge on any atom is 0.391 e. The van der Waals surface area contributed by atoms with Gasteiger partial charge >= 0.3 is 12.1 Å². The second-order valence-corrected chi connectivity index (χ2v) is 3.52. The molecule has 0 heterocycles. The second-order valence-electron chi connectivity index (χ2n) is 3.52. The molecule has 0 aliphatic heterocycles. The highest BCUT2D eigenvalue weighted by molar-refractivity contribution is 5.75. The normalized spacial score (nSPS) is 18.7. The molecular formula is C9H13F3O3. The average molecular weight is 226 g/mol. The van der Waals surface area contributed by atoms with Crippen molar-refractivity contribution >= 4 is 5.97 Å². The molecule has 0 amide bonds. The summed E-state index contributed by atoms with van der Waals surface area (Å²) in [6.07, 6.45) is -4.48. The van der Waals surface area contributed by atoms with Crippen molar-refractivity contribution in [2.24, 2.45) is 5.92 Å². The number of ether oxygens (including phenoxy) is 2. The van der Waals surface area contributed by atoms with E-state index in [1.807, 2.05) is 0 Å². The molecule has 1 aliphatic rings. The first-order valence-corrected chi connectivity index (χ1v) is 4.70. The molecule has 0 spiro atoms. The lowest BCUT2D eigenvalue weighted by molar-refractivity contribution is -0.167. The van der Waals surface area contributed by atoms with Gasteiger partial charge in [0.25, 0.3) is 0 Å². The zero-order valence-corrected chi connectivity index (χ0v) is 8.34. The van der Waals surface area contributed by atoms with E-state index in [-0.39, 0.29) is 5.92 Å². The first kappa shape index (κ1) is 12.3. The number of hydrogen-bond acceptors (Lipinski definition) is 3. The number of halogens is 3. The van der Waals surface area contributed by atoms with Crippen molar-refractivity contribution in [3.63, 3.8) is 0 Å². The lowest BCUT2D eigenvalue weighted by Gasteiger charge is -2.15. The zero-order valence-electron chi connectivity index (χ0n) is 8.34. The summed E-state index contributed by atoms with van der Waals surface area (Å²) in [5.74, 6) is -0.551. The van der Waals surface area contributed by atoms with Crippen LogP contribution in [0.5, 0.6) is 0 Å². The minimum Gasteiger partial charge on any atom is -0.467 e. The maximum absolute atomic E-state index is 11.8. The highest BCUT2D eigenvalue weighted by atomic mass is 19.4. The molecule has 6 heteroatoms. The Kier molecular flexibility index (Phi) is 3.96. The van der Waals surface area contributed by atoms with Crippen LogP contribution in [0, 0.1) is 5.92 Å². The van der Waals surface area contributed by atoms with Crippen molar-refractivity contribution in [2.45, 2.75) is 31.5 Å². The number of methoxy groups -OCH3 is 1. The van der Waals surface area contributed by atoms with E-state index in [1.54, 1.807) is 0 Å². The van der Waals surface area contributed by atoms with E-state index in [9.17, 15) is 18.0 Å². The molecule has 1 atom stereocenters. The molecule has 0 saturated heterocycles. The van der Waals surface area contributed by atoms with Crippen LogP contribution in [0.3, 0.4) is 0 Å². The zero-order chi connectivity index (χ0) is 11.5. The molecule has 3 nitrogen and oxygen atoms in total. The monoisotopic (exact) mass is 226 g/mol. The molecule has 0 radical (unpaired) electrons. The van der Waals surface area contributed by atoms with E-state index >= 15 is 0 Å². The predicted molar refractivity (Wildman–Crippen MR) is 45.2 cm³/mol. The van der Waals surface area contributed by atoms with Gasteiger partial charge in [0.05, 0.1) is 20.1 Å². The first-order valence-electron chi connectivity index (χ1n) is 4.70. The Morgan fingerprint density at radius 3 is 2.47 bits per heavy atom. The van der Waals surface area contributed by atoms with Gasteiger partial charge in [-0.15, -0.1) is 0 Å². The summed E-state index contributed by atoms with van der Waals surface area (Å²) in [4.78, 5) is 11.1. The summed E-state index contributed by atoms with van der Waals surface area (Å²) in [6.45, 7) is -0.486. The van der Waals surface area contributed by atoms with Crippen LogP contribution in [-0.2, 0) is 14.3 Å². The van der Waals surface area contributed by atoms with E-state index in [4.69, 9.17) is 4.74 Å². The van der Waals surface area contributed by atoms with Crippen LogP contribution in [0.15, 0.2) is 0 Å². The van der Waals surface area contributed by atoms with Gasteiger partial charge in [0.2, 0.25) is 0 Å². The summed E-state index contributed by atoms with van der Waals surface area (Å²) < 4.78 is 44.8. The summed E-state index contributed by atoms with van der Waals surface area (Å²) in [6, 6.07) is 0. The van der Waals surface area contributed by atoms with Crippen LogP contribution < -0.4 is 0 Å². The third-order valence-corrected chi connectivity index (χ3v) is 2.17. The number of esters is 1. The topological polar surface area (TPSA) is 35.5 Å². The fourth-order valence-electron chi connectivity index (χ4n) is 1.21. The lowest BCUT2D eigenvalue weighted by Crippen LogP contribution is -2.29. The van der Waals surface area contributed by atoms with E-state index < -0.39 is 31.3 Å². The summed E-state index contributed by atoms with van der Waals surface area (Å²) in [5.41, 5.74) is 0. The molecule has 1 saturated carbocycles. The van der Waals surface area contributed by atoms with E-state index in [2.05, 4.69) is 4.74 Å². The fourth-order valence-corrected chi connectivity index (χ4v) is 1.21. The molecule has 0 aromatic carbocycles. The highest BCUT2D eigenvalue weighted by Gasteiger charge is 2.38. The number of carbonyl (C=O) groups excluding carboxylic acids is 1. The van der Waals surface area contributed by atoms with Crippen molar-refractivity contribution in [3.8, 4) is 0 Å². The Labute approximate surface area is 85.5 Å². The van der Waals surface area contributed by atoms with Gasteiger partial charge in [0.1, 0.15) is 0 Å². The Bertz CT molecular complexity index is 223. The second kappa shape index (κ2) is 4.83. The molecule has 0 bridgehead atoms. The van der Waals surface area contributed by atoms with Gasteiger partial charge in [-0.1, -0.05) is 0 Å². The Morgan fingerprint density at radius 1 is 1.47 bits per heavy atom. The number of alkyl halides is 3. The van der Waals surface area contributed by atoms with Crippen molar-refractivity contribution < 1.29 is 27.4 Å². The number of carbonyl (C=O) groups is 1. The van der Waals surface area contributed by atoms with Crippen molar-refractivity contribution in [1.82, 2.24) is 0 Å². The summed E-state index contributed by atoms with van der Waals surface area (Å²) in [5, 5.41) is 0. The summed E-state index contributed by atoms with van der Waals surface area (Å²) >= 11 is 0.